The van der Waals surface area contributed by atoms with Crippen molar-refractivity contribution in [3.05, 3.63) is 58.8 Å². The minimum Gasteiger partial charge on any atom is -0.325 e. The van der Waals surface area contributed by atoms with Gasteiger partial charge in [-0.15, -0.1) is 0 Å². The zero-order valence-electron chi connectivity index (χ0n) is 11.2. The Morgan fingerprint density at radius 1 is 1.24 bits per heavy atom. The lowest BCUT2D eigenvalue weighted by atomic mass is 10.1. The van der Waals surface area contributed by atoms with Crippen molar-refractivity contribution in [3.8, 4) is 0 Å². The molecule has 0 aliphatic carbocycles. The number of carbonyl (C=O) groups is 1. The minimum atomic E-state index is -0.281. The first-order valence-electron chi connectivity index (χ1n) is 6.71. The van der Waals surface area contributed by atoms with Crippen molar-refractivity contribution in [1.29, 1.82) is 0 Å². The molecule has 21 heavy (non-hydrogen) atoms. The third-order valence-electron chi connectivity index (χ3n) is 3.36. The van der Waals surface area contributed by atoms with Crippen LogP contribution in [0.4, 0.5) is 5.69 Å². The van der Waals surface area contributed by atoms with E-state index >= 15 is 0 Å². The van der Waals surface area contributed by atoms with Gasteiger partial charge < -0.3 is 5.32 Å². The molecule has 108 valence electrons. The Morgan fingerprint density at radius 3 is 2.90 bits per heavy atom. The van der Waals surface area contributed by atoms with E-state index in [-0.39, 0.29) is 18.0 Å². The summed E-state index contributed by atoms with van der Waals surface area (Å²) >= 11 is 3.39. The highest BCUT2D eigenvalue weighted by Gasteiger charge is 2.30. The van der Waals surface area contributed by atoms with E-state index in [1.165, 1.54) is 0 Å². The molecule has 1 saturated heterocycles. The van der Waals surface area contributed by atoms with Gasteiger partial charge in [-0.05, 0) is 36.8 Å². The maximum atomic E-state index is 12.3. The maximum Gasteiger partial charge on any atom is 0.242 e. The van der Waals surface area contributed by atoms with Crippen LogP contribution in [0.3, 0.4) is 0 Å². The average Bonchev–Trinajstić information content (AvgIpc) is 2.98. The molecule has 2 unspecified atom stereocenters. The molecule has 0 bridgehead atoms. The van der Waals surface area contributed by atoms with Crippen LogP contribution in [-0.4, -0.2) is 16.9 Å². The Kier molecular flexibility index (Phi) is 4.28. The van der Waals surface area contributed by atoms with Crippen LogP contribution >= 0.6 is 15.9 Å². The number of hydrazine groups is 1. The Bertz CT molecular complexity index is 635. The zero-order valence-corrected chi connectivity index (χ0v) is 12.8. The summed E-state index contributed by atoms with van der Waals surface area (Å²) in [4.78, 5) is 16.6. The molecule has 5 nitrogen and oxygen atoms in total. The number of anilines is 1. The highest BCUT2D eigenvalue weighted by molar-refractivity contribution is 9.10. The number of aromatic nitrogens is 1. The van der Waals surface area contributed by atoms with Crippen molar-refractivity contribution in [1.82, 2.24) is 15.8 Å². The van der Waals surface area contributed by atoms with Crippen molar-refractivity contribution in [2.45, 2.75) is 18.5 Å². The fraction of sp³-hybridized carbons (Fsp3) is 0.200. The van der Waals surface area contributed by atoms with Crippen molar-refractivity contribution in [2.75, 3.05) is 5.32 Å². The van der Waals surface area contributed by atoms with Crippen molar-refractivity contribution >= 4 is 27.5 Å². The molecular formula is C15H15BrN4O. The predicted octanol–water partition coefficient (Wildman–Crippen LogP) is 2.39. The molecule has 1 fully saturated rings. The van der Waals surface area contributed by atoms with Gasteiger partial charge in [-0.25, -0.2) is 10.9 Å². The summed E-state index contributed by atoms with van der Waals surface area (Å²) in [6.45, 7) is 0. The summed E-state index contributed by atoms with van der Waals surface area (Å²) in [5, 5.41) is 2.90. The van der Waals surface area contributed by atoms with Crippen LogP contribution < -0.4 is 16.2 Å². The molecule has 2 aromatic rings. The Balaban J connectivity index is 1.62. The topological polar surface area (TPSA) is 66.0 Å². The van der Waals surface area contributed by atoms with Gasteiger partial charge in [0.2, 0.25) is 5.91 Å². The third-order valence-corrected chi connectivity index (χ3v) is 3.85. The smallest absolute Gasteiger partial charge is 0.242 e. The number of rotatable bonds is 3. The van der Waals surface area contributed by atoms with Gasteiger partial charge in [0.25, 0.3) is 0 Å². The van der Waals surface area contributed by atoms with E-state index in [2.05, 4.69) is 37.1 Å². The molecule has 1 aromatic carbocycles. The largest absolute Gasteiger partial charge is 0.325 e. The maximum absolute atomic E-state index is 12.3. The highest BCUT2D eigenvalue weighted by Crippen LogP contribution is 2.21. The molecule has 0 saturated carbocycles. The molecule has 1 aromatic heterocycles. The lowest BCUT2D eigenvalue weighted by Crippen LogP contribution is -2.39. The Labute approximate surface area is 131 Å². The summed E-state index contributed by atoms with van der Waals surface area (Å²) in [5.41, 5.74) is 7.85. The number of pyridine rings is 1. The molecule has 1 aliphatic heterocycles. The number of nitrogens with zero attached hydrogens (tertiary/aromatic N) is 1. The molecule has 6 heteroatoms. The number of benzene rings is 1. The van der Waals surface area contributed by atoms with Gasteiger partial charge in [0.15, 0.2) is 0 Å². The van der Waals surface area contributed by atoms with Crippen LogP contribution in [0.25, 0.3) is 0 Å². The molecule has 1 aliphatic rings. The summed E-state index contributed by atoms with van der Waals surface area (Å²) in [6.07, 6.45) is 2.42. The molecule has 3 N–H and O–H groups in total. The summed E-state index contributed by atoms with van der Waals surface area (Å²) in [6, 6.07) is 13.1. The highest BCUT2D eigenvalue weighted by atomic mass is 79.9. The van der Waals surface area contributed by atoms with Gasteiger partial charge in [-0.1, -0.05) is 28.1 Å². The molecule has 0 spiro atoms. The lowest BCUT2D eigenvalue weighted by molar-refractivity contribution is -0.117. The van der Waals surface area contributed by atoms with E-state index in [1.54, 1.807) is 6.20 Å². The molecule has 1 amide bonds. The number of hydrogen-bond acceptors (Lipinski definition) is 4. The normalized spacial score (nSPS) is 21.2. The van der Waals surface area contributed by atoms with Crippen LogP contribution in [-0.2, 0) is 4.79 Å². The van der Waals surface area contributed by atoms with E-state index in [0.717, 1.165) is 15.9 Å². The van der Waals surface area contributed by atoms with Gasteiger partial charge in [0.1, 0.15) is 6.04 Å². The first-order chi connectivity index (χ1) is 10.2. The predicted molar refractivity (Wildman–Crippen MR) is 84.4 cm³/mol. The second kappa shape index (κ2) is 6.34. The molecule has 2 atom stereocenters. The van der Waals surface area contributed by atoms with Gasteiger partial charge in [-0.2, -0.15) is 0 Å². The molecular weight excluding hydrogens is 332 g/mol. The zero-order chi connectivity index (χ0) is 14.7. The van der Waals surface area contributed by atoms with E-state index in [4.69, 9.17) is 0 Å². The number of amides is 1. The summed E-state index contributed by atoms with van der Waals surface area (Å²) in [7, 11) is 0. The standard InChI is InChI=1S/C15H15BrN4O/c16-10-4-3-5-11(8-10)18-15(21)14-9-13(19-20-14)12-6-1-2-7-17-12/h1-8,13-14,19-20H,9H2,(H,18,21). The average molecular weight is 347 g/mol. The van der Waals surface area contributed by atoms with Crippen LogP contribution in [0.5, 0.6) is 0 Å². The molecule has 2 heterocycles. The SMILES string of the molecule is O=C(Nc1cccc(Br)c1)C1CC(c2ccccn2)NN1. The van der Waals surface area contributed by atoms with Gasteiger partial charge >= 0.3 is 0 Å². The van der Waals surface area contributed by atoms with Crippen molar-refractivity contribution < 1.29 is 4.79 Å². The minimum absolute atomic E-state index is 0.0458. The number of hydrogen-bond donors (Lipinski definition) is 3. The monoisotopic (exact) mass is 346 g/mol. The van der Waals surface area contributed by atoms with Crippen LogP contribution in [0.15, 0.2) is 53.1 Å². The van der Waals surface area contributed by atoms with Crippen molar-refractivity contribution in [2.24, 2.45) is 0 Å². The molecule has 0 radical (unpaired) electrons. The quantitative estimate of drug-likeness (QED) is 0.798. The number of carbonyl (C=O) groups excluding carboxylic acids is 1. The van der Waals surface area contributed by atoms with E-state index in [0.29, 0.717) is 6.42 Å². The summed E-state index contributed by atoms with van der Waals surface area (Å²) < 4.78 is 0.934. The number of halogens is 1. The third kappa shape index (κ3) is 3.47. The van der Waals surface area contributed by atoms with E-state index in [9.17, 15) is 4.79 Å². The van der Waals surface area contributed by atoms with Gasteiger partial charge in [0.05, 0.1) is 11.7 Å². The fourth-order valence-electron chi connectivity index (χ4n) is 2.30. The van der Waals surface area contributed by atoms with Crippen molar-refractivity contribution in [3.63, 3.8) is 0 Å². The van der Waals surface area contributed by atoms with Crippen LogP contribution in [0, 0.1) is 0 Å². The number of nitrogens with one attached hydrogen (secondary N) is 3. The first kappa shape index (κ1) is 14.2. The Hall–Kier alpha value is -1.76. The fourth-order valence-corrected chi connectivity index (χ4v) is 2.70. The van der Waals surface area contributed by atoms with E-state index in [1.807, 2.05) is 42.5 Å². The first-order valence-corrected chi connectivity index (χ1v) is 7.50. The second-order valence-corrected chi connectivity index (χ2v) is 5.80. The Morgan fingerprint density at radius 2 is 2.14 bits per heavy atom. The van der Waals surface area contributed by atoms with E-state index < -0.39 is 0 Å². The van der Waals surface area contributed by atoms with Crippen LogP contribution in [0.1, 0.15) is 18.2 Å². The molecule has 3 rings (SSSR count). The second-order valence-electron chi connectivity index (χ2n) is 4.88. The lowest BCUT2D eigenvalue weighted by Gasteiger charge is -2.10. The summed E-state index contributed by atoms with van der Waals surface area (Å²) in [5.74, 6) is -0.0565. The van der Waals surface area contributed by atoms with Gasteiger partial charge in [0, 0.05) is 16.4 Å². The van der Waals surface area contributed by atoms with Gasteiger partial charge in [-0.3, -0.25) is 9.78 Å². The van der Waals surface area contributed by atoms with Crippen LogP contribution in [0.2, 0.25) is 0 Å².